The van der Waals surface area contributed by atoms with Gasteiger partial charge < -0.3 is 5.11 Å². The lowest BCUT2D eigenvalue weighted by atomic mass is 10.1. The van der Waals surface area contributed by atoms with E-state index < -0.39 is 5.97 Å². The fraction of sp³-hybridized carbons (Fsp3) is 0.800. The van der Waals surface area contributed by atoms with Crippen molar-refractivity contribution in [1.82, 2.24) is 0 Å². The Kier molecular flexibility index (Phi) is 8.46. The van der Waals surface area contributed by atoms with Crippen molar-refractivity contribution in [2.75, 3.05) is 5.33 Å². The first-order valence-corrected chi connectivity index (χ1v) is 3.59. The summed E-state index contributed by atoms with van der Waals surface area (Å²) in [4.78, 5) is 10.1. The number of alkyl halides is 1. The lowest BCUT2D eigenvalue weighted by Gasteiger charge is -1.99. The van der Waals surface area contributed by atoms with E-state index in [4.69, 9.17) is 5.11 Å². The predicted octanol–water partition coefficient (Wildman–Crippen LogP) is 1.91. The second kappa shape index (κ2) is 6.36. The van der Waals surface area contributed by atoms with Gasteiger partial charge >= 0.3 is 5.97 Å². The zero-order valence-corrected chi connectivity index (χ0v) is 7.54. The summed E-state index contributed by atoms with van der Waals surface area (Å²) in [6, 6.07) is 0. The molecule has 4 heteroatoms. The summed E-state index contributed by atoms with van der Waals surface area (Å²) in [6.45, 7) is 1.70. The van der Waals surface area contributed by atoms with Gasteiger partial charge in [-0.2, -0.15) is 0 Å². The van der Waals surface area contributed by atoms with Crippen molar-refractivity contribution in [3.05, 3.63) is 0 Å². The van der Waals surface area contributed by atoms with Crippen LogP contribution in [0.15, 0.2) is 0 Å². The maximum absolute atomic E-state index is 10.1. The number of aliphatic carboxylic acids is 1. The molecule has 0 rings (SSSR count). The summed E-state index contributed by atoms with van der Waals surface area (Å²) in [7, 11) is 0. The minimum Gasteiger partial charge on any atom is -0.481 e. The van der Waals surface area contributed by atoms with Crippen molar-refractivity contribution in [3.63, 3.8) is 0 Å². The Morgan fingerprint density at radius 1 is 1.78 bits per heavy atom. The van der Waals surface area contributed by atoms with E-state index in [2.05, 4.69) is 15.9 Å². The summed E-state index contributed by atoms with van der Waals surface area (Å²) in [6.07, 6.45) is 0.704. The van der Waals surface area contributed by atoms with E-state index in [1.54, 1.807) is 6.92 Å². The van der Waals surface area contributed by atoms with Crippen LogP contribution < -0.4 is 0 Å². The van der Waals surface area contributed by atoms with Crippen LogP contribution in [-0.2, 0) is 4.79 Å². The van der Waals surface area contributed by atoms with Gasteiger partial charge in [0.25, 0.3) is 0 Å². The molecule has 1 atom stereocenters. The van der Waals surface area contributed by atoms with Crippen LogP contribution in [0.5, 0.6) is 0 Å². The molecular formula is C5H10BrClO2. The van der Waals surface area contributed by atoms with E-state index in [1.807, 2.05) is 0 Å². The van der Waals surface area contributed by atoms with Gasteiger partial charge in [0, 0.05) is 5.33 Å². The molecular weight excluding hydrogens is 207 g/mol. The second-order valence-corrected chi connectivity index (χ2v) is 2.51. The van der Waals surface area contributed by atoms with Crippen LogP contribution in [0, 0.1) is 5.92 Å². The molecule has 0 heterocycles. The number of carboxylic acids is 1. The Hall–Kier alpha value is 0.240. The highest BCUT2D eigenvalue weighted by molar-refractivity contribution is 9.09. The molecule has 0 spiro atoms. The van der Waals surface area contributed by atoms with Gasteiger partial charge in [0.1, 0.15) is 0 Å². The average Bonchev–Trinajstić information content (AvgIpc) is 1.67. The maximum Gasteiger partial charge on any atom is 0.306 e. The van der Waals surface area contributed by atoms with E-state index in [0.717, 1.165) is 5.33 Å². The van der Waals surface area contributed by atoms with Crippen molar-refractivity contribution in [2.45, 2.75) is 13.3 Å². The highest BCUT2D eigenvalue weighted by Gasteiger charge is 2.07. The van der Waals surface area contributed by atoms with Gasteiger partial charge in [-0.05, 0) is 6.42 Å². The van der Waals surface area contributed by atoms with E-state index in [9.17, 15) is 4.79 Å². The van der Waals surface area contributed by atoms with Crippen molar-refractivity contribution in [3.8, 4) is 0 Å². The highest BCUT2D eigenvalue weighted by atomic mass is 79.9. The predicted molar refractivity (Wildman–Crippen MR) is 42.5 cm³/mol. The molecule has 0 aliphatic rings. The maximum atomic E-state index is 10.1. The lowest BCUT2D eigenvalue weighted by molar-refractivity contribution is -0.141. The van der Waals surface area contributed by atoms with Crippen LogP contribution in [-0.4, -0.2) is 16.4 Å². The molecule has 0 amide bonds. The first-order valence-electron chi connectivity index (χ1n) is 2.47. The Morgan fingerprint density at radius 2 is 2.22 bits per heavy atom. The zero-order valence-electron chi connectivity index (χ0n) is 5.13. The van der Waals surface area contributed by atoms with Crippen LogP contribution in [0.4, 0.5) is 0 Å². The number of halogens is 2. The molecule has 0 aromatic heterocycles. The number of carboxylic acid groups (broad SMARTS) is 1. The molecule has 0 aromatic carbocycles. The standard InChI is InChI=1S/C5H9BrO2.ClH/c1-4(2-3-6)5(7)8;/h4H,2-3H2,1H3,(H,7,8);1H. The van der Waals surface area contributed by atoms with Gasteiger partial charge in [0.2, 0.25) is 0 Å². The third-order valence-corrected chi connectivity index (χ3v) is 1.42. The van der Waals surface area contributed by atoms with Gasteiger partial charge in [0.05, 0.1) is 5.92 Å². The zero-order chi connectivity index (χ0) is 6.57. The van der Waals surface area contributed by atoms with Crippen LogP contribution in [0.1, 0.15) is 13.3 Å². The van der Waals surface area contributed by atoms with Gasteiger partial charge in [-0.25, -0.2) is 0 Å². The molecule has 0 aromatic rings. The number of hydrogen-bond acceptors (Lipinski definition) is 1. The molecule has 1 N–H and O–H groups in total. The molecule has 56 valence electrons. The monoisotopic (exact) mass is 216 g/mol. The molecule has 0 aliphatic carbocycles. The normalized spacial score (nSPS) is 11.8. The lowest BCUT2D eigenvalue weighted by Crippen LogP contribution is -2.09. The Balaban J connectivity index is 0. The fourth-order valence-electron chi connectivity index (χ4n) is 0.287. The first-order chi connectivity index (χ1) is 3.68. The highest BCUT2D eigenvalue weighted by Crippen LogP contribution is 2.02. The van der Waals surface area contributed by atoms with Crippen LogP contribution in [0.3, 0.4) is 0 Å². The fourth-order valence-corrected chi connectivity index (χ4v) is 0.974. The molecule has 2 nitrogen and oxygen atoms in total. The molecule has 0 aliphatic heterocycles. The van der Waals surface area contributed by atoms with Crippen LogP contribution >= 0.6 is 28.3 Å². The second-order valence-electron chi connectivity index (χ2n) is 1.72. The van der Waals surface area contributed by atoms with Crippen molar-refractivity contribution in [1.29, 1.82) is 0 Å². The quantitative estimate of drug-likeness (QED) is 0.733. The third kappa shape index (κ3) is 6.12. The summed E-state index contributed by atoms with van der Waals surface area (Å²) in [5, 5.41) is 9.06. The van der Waals surface area contributed by atoms with E-state index >= 15 is 0 Å². The number of carbonyl (C=O) groups is 1. The third-order valence-electron chi connectivity index (χ3n) is 0.964. The summed E-state index contributed by atoms with van der Waals surface area (Å²) in [5.41, 5.74) is 0. The Morgan fingerprint density at radius 3 is 2.33 bits per heavy atom. The largest absolute Gasteiger partial charge is 0.481 e. The van der Waals surface area contributed by atoms with Crippen molar-refractivity contribution < 1.29 is 9.90 Å². The molecule has 1 unspecified atom stereocenters. The van der Waals surface area contributed by atoms with Crippen molar-refractivity contribution >= 4 is 34.3 Å². The minimum absolute atomic E-state index is 0. The molecule has 0 radical (unpaired) electrons. The van der Waals surface area contributed by atoms with E-state index in [1.165, 1.54) is 0 Å². The number of hydrogen-bond donors (Lipinski definition) is 1. The Labute approximate surface area is 69.2 Å². The minimum atomic E-state index is -0.718. The van der Waals surface area contributed by atoms with Gasteiger partial charge in [-0.1, -0.05) is 22.9 Å². The summed E-state index contributed by atoms with van der Waals surface area (Å²) < 4.78 is 0. The SMILES string of the molecule is CC(CCBr)C(=O)O.Cl. The van der Waals surface area contributed by atoms with Crippen LogP contribution in [0.25, 0.3) is 0 Å². The topological polar surface area (TPSA) is 37.3 Å². The first kappa shape index (κ1) is 12.0. The summed E-state index contributed by atoms with van der Waals surface area (Å²) in [5.74, 6) is -0.932. The van der Waals surface area contributed by atoms with Gasteiger partial charge in [0.15, 0.2) is 0 Å². The molecule has 9 heavy (non-hydrogen) atoms. The number of rotatable bonds is 3. The molecule has 0 fully saturated rings. The van der Waals surface area contributed by atoms with Gasteiger partial charge in [-0.15, -0.1) is 12.4 Å². The molecule has 0 bridgehead atoms. The smallest absolute Gasteiger partial charge is 0.306 e. The van der Waals surface area contributed by atoms with E-state index in [-0.39, 0.29) is 18.3 Å². The summed E-state index contributed by atoms with van der Waals surface area (Å²) >= 11 is 3.15. The van der Waals surface area contributed by atoms with Crippen molar-refractivity contribution in [2.24, 2.45) is 5.92 Å². The Bertz CT molecular complexity index is 87.0. The van der Waals surface area contributed by atoms with Gasteiger partial charge in [-0.3, -0.25) is 4.79 Å². The van der Waals surface area contributed by atoms with Crippen LogP contribution in [0.2, 0.25) is 0 Å². The average molecular weight is 217 g/mol. The molecule has 0 saturated carbocycles. The molecule has 0 saturated heterocycles. The van der Waals surface area contributed by atoms with E-state index in [0.29, 0.717) is 6.42 Å².